The van der Waals surface area contributed by atoms with Crippen LogP contribution in [0, 0.1) is 11.3 Å². The van der Waals surface area contributed by atoms with Crippen molar-refractivity contribution >= 4 is 11.8 Å². The lowest BCUT2D eigenvalue weighted by Gasteiger charge is -2.27. The number of carbonyl (C=O) groups is 2. The van der Waals surface area contributed by atoms with E-state index in [9.17, 15) is 9.59 Å². The molecule has 0 bridgehead atoms. The Hall–Kier alpha value is -1.64. The molecule has 0 aliphatic heterocycles. The first kappa shape index (κ1) is 12.8. The van der Waals surface area contributed by atoms with Crippen molar-refractivity contribution in [2.75, 3.05) is 0 Å². The van der Waals surface area contributed by atoms with Gasteiger partial charge < -0.3 is 5.11 Å². The molecule has 0 amide bonds. The molecule has 0 heterocycles. The molecule has 3 nitrogen and oxygen atoms in total. The normalized spacial score (nSPS) is 16.6. The third-order valence-corrected chi connectivity index (χ3v) is 3.71. The van der Waals surface area contributed by atoms with Crippen molar-refractivity contribution in [3.8, 4) is 0 Å². The summed E-state index contributed by atoms with van der Waals surface area (Å²) in [5.74, 6) is -0.948. The fourth-order valence-electron chi connectivity index (χ4n) is 2.98. The van der Waals surface area contributed by atoms with Crippen LogP contribution in [0.2, 0.25) is 0 Å². The first-order chi connectivity index (χ1) is 8.44. The van der Waals surface area contributed by atoms with Crippen LogP contribution in [0.1, 0.15) is 31.4 Å². The number of ketones is 1. The average Bonchev–Trinajstić information content (AvgIpc) is 2.65. The minimum Gasteiger partial charge on any atom is -0.481 e. The molecule has 0 spiro atoms. The monoisotopic (exact) mass is 246 g/mol. The van der Waals surface area contributed by atoms with Gasteiger partial charge >= 0.3 is 5.97 Å². The fraction of sp³-hybridized carbons (Fsp3) is 0.467. The van der Waals surface area contributed by atoms with Crippen LogP contribution in [0.25, 0.3) is 0 Å². The number of Topliss-reactive ketones (excluding diaryl/α,β-unsaturated/α-hetero) is 1. The van der Waals surface area contributed by atoms with Crippen molar-refractivity contribution in [1.82, 2.24) is 0 Å². The highest BCUT2D eigenvalue weighted by molar-refractivity contribution is 5.91. The fourth-order valence-corrected chi connectivity index (χ4v) is 2.98. The summed E-state index contributed by atoms with van der Waals surface area (Å²) in [5.41, 5.74) is 1.50. The van der Waals surface area contributed by atoms with Gasteiger partial charge in [0, 0.05) is 11.3 Å². The molecule has 1 aliphatic carbocycles. The Bertz CT molecular complexity index is 463. The Kier molecular flexibility index (Phi) is 3.24. The van der Waals surface area contributed by atoms with Crippen molar-refractivity contribution < 1.29 is 14.7 Å². The summed E-state index contributed by atoms with van der Waals surface area (Å²) in [7, 11) is 0. The van der Waals surface area contributed by atoms with Gasteiger partial charge in [0.15, 0.2) is 0 Å². The summed E-state index contributed by atoms with van der Waals surface area (Å²) in [5, 5.41) is 9.10. The highest BCUT2D eigenvalue weighted by Gasteiger charge is 2.45. The topological polar surface area (TPSA) is 54.4 Å². The van der Waals surface area contributed by atoms with Gasteiger partial charge in [0.25, 0.3) is 0 Å². The average molecular weight is 246 g/mol. The van der Waals surface area contributed by atoms with E-state index in [0.717, 1.165) is 11.1 Å². The van der Waals surface area contributed by atoms with Gasteiger partial charge in [-0.2, -0.15) is 0 Å². The highest BCUT2D eigenvalue weighted by Crippen LogP contribution is 2.42. The Balaban J connectivity index is 2.36. The Morgan fingerprint density at radius 1 is 1.22 bits per heavy atom. The number of rotatable bonds is 4. The molecular formula is C15H18O3. The first-order valence-corrected chi connectivity index (χ1v) is 6.27. The summed E-state index contributed by atoms with van der Waals surface area (Å²) < 4.78 is 0. The lowest BCUT2D eigenvalue weighted by molar-refractivity contribution is -0.145. The lowest BCUT2D eigenvalue weighted by Crippen LogP contribution is -2.37. The maximum atomic E-state index is 12.4. The number of carbonyl (C=O) groups excluding carboxylic acids is 1. The molecule has 3 heteroatoms. The van der Waals surface area contributed by atoms with E-state index in [1.807, 2.05) is 38.1 Å². The van der Waals surface area contributed by atoms with Crippen LogP contribution in [-0.2, 0) is 22.4 Å². The molecule has 0 radical (unpaired) electrons. The maximum absolute atomic E-state index is 12.4. The van der Waals surface area contributed by atoms with E-state index < -0.39 is 11.4 Å². The standard InChI is InChI=1S/C15H18O3/c1-10(2)14(18)15(9-13(16)17)7-11-5-3-4-6-12(11)8-15/h3-6,10H,7-9H2,1-2H3,(H,16,17). The number of benzene rings is 1. The zero-order chi connectivity index (χ0) is 13.3. The van der Waals surface area contributed by atoms with E-state index in [0.29, 0.717) is 12.8 Å². The van der Waals surface area contributed by atoms with Gasteiger partial charge in [0.1, 0.15) is 5.78 Å². The Morgan fingerprint density at radius 3 is 2.11 bits per heavy atom. The summed E-state index contributed by atoms with van der Waals surface area (Å²) in [6.07, 6.45) is 1.05. The van der Waals surface area contributed by atoms with E-state index in [-0.39, 0.29) is 18.1 Å². The second-order valence-corrected chi connectivity index (χ2v) is 5.49. The summed E-state index contributed by atoms with van der Waals surface area (Å²) in [4.78, 5) is 23.5. The number of hydrogen-bond acceptors (Lipinski definition) is 2. The third kappa shape index (κ3) is 2.17. The smallest absolute Gasteiger partial charge is 0.304 e. The number of hydrogen-bond donors (Lipinski definition) is 1. The van der Waals surface area contributed by atoms with Gasteiger partial charge in [0.2, 0.25) is 0 Å². The van der Waals surface area contributed by atoms with Crippen molar-refractivity contribution in [1.29, 1.82) is 0 Å². The van der Waals surface area contributed by atoms with Crippen LogP contribution in [-0.4, -0.2) is 16.9 Å². The van der Waals surface area contributed by atoms with Gasteiger partial charge in [-0.15, -0.1) is 0 Å². The predicted molar refractivity (Wildman–Crippen MR) is 68.4 cm³/mol. The highest BCUT2D eigenvalue weighted by atomic mass is 16.4. The first-order valence-electron chi connectivity index (χ1n) is 6.27. The second-order valence-electron chi connectivity index (χ2n) is 5.49. The van der Waals surface area contributed by atoms with E-state index in [2.05, 4.69) is 0 Å². The lowest BCUT2D eigenvalue weighted by atomic mass is 9.73. The van der Waals surface area contributed by atoms with Crippen LogP contribution in [0.15, 0.2) is 24.3 Å². The molecule has 96 valence electrons. The molecule has 0 atom stereocenters. The molecule has 1 aliphatic rings. The SMILES string of the molecule is CC(C)C(=O)C1(CC(=O)O)Cc2ccccc2C1. The van der Waals surface area contributed by atoms with Gasteiger partial charge in [-0.3, -0.25) is 9.59 Å². The van der Waals surface area contributed by atoms with Crippen molar-refractivity contribution in [3.63, 3.8) is 0 Å². The zero-order valence-electron chi connectivity index (χ0n) is 10.8. The molecule has 1 aromatic rings. The van der Waals surface area contributed by atoms with Crippen LogP contribution < -0.4 is 0 Å². The molecule has 1 aromatic carbocycles. The minimum atomic E-state index is -0.892. The second kappa shape index (κ2) is 4.56. The third-order valence-electron chi connectivity index (χ3n) is 3.71. The molecule has 0 aromatic heterocycles. The van der Waals surface area contributed by atoms with Crippen LogP contribution in [0.3, 0.4) is 0 Å². The molecule has 0 fully saturated rings. The predicted octanol–water partition coefficient (Wildman–Crippen LogP) is 2.47. The molecule has 2 rings (SSSR count). The molecule has 0 saturated heterocycles. The maximum Gasteiger partial charge on any atom is 0.304 e. The number of carboxylic acids is 1. The van der Waals surface area contributed by atoms with Crippen molar-refractivity contribution in [2.24, 2.45) is 11.3 Å². The molecule has 18 heavy (non-hydrogen) atoms. The van der Waals surface area contributed by atoms with E-state index >= 15 is 0 Å². The summed E-state index contributed by atoms with van der Waals surface area (Å²) in [6.45, 7) is 3.68. The van der Waals surface area contributed by atoms with Crippen LogP contribution in [0.4, 0.5) is 0 Å². The number of carboxylic acid groups (broad SMARTS) is 1. The van der Waals surface area contributed by atoms with E-state index in [1.165, 1.54) is 0 Å². The number of aliphatic carboxylic acids is 1. The molecule has 0 saturated carbocycles. The van der Waals surface area contributed by atoms with Gasteiger partial charge in [-0.1, -0.05) is 38.1 Å². The number of fused-ring (bicyclic) bond motifs is 1. The molecule has 1 N–H and O–H groups in total. The van der Waals surface area contributed by atoms with E-state index in [4.69, 9.17) is 5.11 Å². The van der Waals surface area contributed by atoms with Crippen LogP contribution >= 0.6 is 0 Å². The Labute approximate surface area is 107 Å². The van der Waals surface area contributed by atoms with Crippen LogP contribution in [0.5, 0.6) is 0 Å². The van der Waals surface area contributed by atoms with Crippen molar-refractivity contribution in [2.45, 2.75) is 33.1 Å². The van der Waals surface area contributed by atoms with E-state index in [1.54, 1.807) is 0 Å². The van der Waals surface area contributed by atoms with Crippen molar-refractivity contribution in [3.05, 3.63) is 35.4 Å². The Morgan fingerprint density at radius 2 is 1.72 bits per heavy atom. The molecular weight excluding hydrogens is 228 g/mol. The summed E-state index contributed by atoms with van der Waals surface area (Å²) >= 11 is 0. The van der Waals surface area contributed by atoms with Gasteiger partial charge in [-0.25, -0.2) is 0 Å². The molecule has 0 unspecified atom stereocenters. The largest absolute Gasteiger partial charge is 0.481 e. The van der Waals surface area contributed by atoms with Gasteiger partial charge in [-0.05, 0) is 24.0 Å². The summed E-state index contributed by atoms with van der Waals surface area (Å²) in [6, 6.07) is 7.87. The zero-order valence-corrected chi connectivity index (χ0v) is 10.8. The minimum absolute atomic E-state index is 0.0705. The quantitative estimate of drug-likeness (QED) is 0.888. The van der Waals surface area contributed by atoms with Gasteiger partial charge in [0.05, 0.1) is 6.42 Å².